The molecule has 9 heteroatoms. The van der Waals surface area contributed by atoms with Gasteiger partial charge >= 0.3 is 6.18 Å². The highest BCUT2D eigenvalue weighted by molar-refractivity contribution is 7.89. The van der Waals surface area contributed by atoms with Gasteiger partial charge in [-0.05, 0) is 24.1 Å². The van der Waals surface area contributed by atoms with E-state index < -0.39 is 27.8 Å². The minimum atomic E-state index is -4.58. The second-order valence-electron chi connectivity index (χ2n) is 4.77. The monoisotopic (exact) mass is 324 g/mol. The second kappa shape index (κ2) is 5.91. The predicted octanol–water partition coefficient (Wildman–Crippen LogP) is 0.490. The molecule has 0 amide bonds. The highest BCUT2D eigenvalue weighted by atomic mass is 32.2. The van der Waals surface area contributed by atoms with Gasteiger partial charge in [-0.25, -0.2) is 13.1 Å². The van der Waals surface area contributed by atoms with Crippen LogP contribution in [0, 0.1) is 0 Å². The number of fused-ring (bicyclic) bond motifs is 1. The summed E-state index contributed by atoms with van der Waals surface area (Å²) >= 11 is 0. The molecule has 0 fully saturated rings. The van der Waals surface area contributed by atoms with Crippen molar-refractivity contribution in [2.45, 2.75) is 23.5 Å². The molecule has 1 aromatic rings. The van der Waals surface area contributed by atoms with E-state index in [0.717, 1.165) is 6.07 Å². The highest BCUT2D eigenvalue weighted by Crippen LogP contribution is 2.33. The first-order chi connectivity index (χ1) is 9.74. The largest absolute Gasteiger partial charge is 0.416 e. The Morgan fingerprint density at radius 3 is 2.71 bits per heavy atom. The lowest BCUT2D eigenvalue weighted by atomic mass is 10.0. The lowest BCUT2D eigenvalue weighted by Gasteiger charge is -2.26. The third kappa shape index (κ3) is 3.73. The van der Waals surface area contributed by atoms with Gasteiger partial charge in [0, 0.05) is 19.1 Å². The predicted molar refractivity (Wildman–Crippen MR) is 69.2 cm³/mol. The molecule has 2 rings (SSSR count). The summed E-state index contributed by atoms with van der Waals surface area (Å²) in [5.74, 6) is 0. The van der Waals surface area contributed by atoms with Gasteiger partial charge in [0.25, 0.3) is 0 Å². The van der Waals surface area contributed by atoms with Crippen molar-refractivity contribution in [2.24, 2.45) is 0 Å². The average molecular weight is 324 g/mol. The first-order valence-electron chi connectivity index (χ1n) is 6.28. The molecule has 0 radical (unpaired) electrons. The number of benzene rings is 1. The van der Waals surface area contributed by atoms with E-state index in [-0.39, 0.29) is 11.5 Å². The van der Waals surface area contributed by atoms with E-state index >= 15 is 0 Å². The average Bonchev–Trinajstić information content (AvgIpc) is 2.37. The molecule has 0 aliphatic carbocycles. The van der Waals surface area contributed by atoms with Crippen LogP contribution in [0.5, 0.6) is 0 Å². The Bertz CT molecular complexity index is 617. The molecule has 21 heavy (non-hydrogen) atoms. The van der Waals surface area contributed by atoms with Gasteiger partial charge < -0.3 is 10.4 Å². The van der Waals surface area contributed by atoms with Gasteiger partial charge in [-0.15, -0.1) is 0 Å². The molecule has 1 aliphatic rings. The Morgan fingerprint density at radius 2 is 2.10 bits per heavy atom. The minimum Gasteiger partial charge on any atom is -0.395 e. The fourth-order valence-corrected chi connectivity index (χ4v) is 3.72. The van der Waals surface area contributed by atoms with Crippen molar-refractivity contribution in [3.05, 3.63) is 29.3 Å². The van der Waals surface area contributed by atoms with E-state index in [1.165, 1.54) is 6.07 Å². The lowest BCUT2D eigenvalue weighted by molar-refractivity contribution is -0.137. The number of alkyl halides is 3. The molecule has 3 N–H and O–H groups in total. The van der Waals surface area contributed by atoms with Crippen LogP contribution < -0.4 is 10.0 Å². The maximum atomic E-state index is 12.6. The van der Waals surface area contributed by atoms with Crippen molar-refractivity contribution in [1.82, 2.24) is 10.0 Å². The Labute approximate surface area is 120 Å². The SMILES string of the molecule is O=S1(=O)NC(CNCCO)Cc2ccc(C(F)(F)F)cc21. The first-order valence-corrected chi connectivity index (χ1v) is 7.76. The van der Waals surface area contributed by atoms with Crippen LogP contribution in [-0.2, 0) is 22.6 Å². The summed E-state index contributed by atoms with van der Waals surface area (Å²) in [6.07, 6.45) is -4.28. The standard InChI is InChI=1S/C12H15F3N2O3S/c13-12(14,15)9-2-1-8-5-10(7-16-3-4-18)17-21(19,20)11(8)6-9/h1-2,6,10,16-18H,3-5,7H2. The third-order valence-electron chi connectivity index (χ3n) is 3.15. The van der Waals surface area contributed by atoms with E-state index in [1.54, 1.807) is 0 Å². The maximum absolute atomic E-state index is 12.6. The summed E-state index contributed by atoms with van der Waals surface area (Å²) in [5, 5.41) is 11.5. The van der Waals surface area contributed by atoms with Crippen LogP contribution in [0.25, 0.3) is 0 Å². The molecule has 0 aromatic heterocycles. The quantitative estimate of drug-likeness (QED) is 0.705. The second-order valence-corrected chi connectivity index (χ2v) is 6.45. The van der Waals surface area contributed by atoms with Gasteiger partial charge in [-0.2, -0.15) is 13.2 Å². The van der Waals surface area contributed by atoms with E-state index in [1.807, 2.05) is 0 Å². The summed E-state index contributed by atoms with van der Waals surface area (Å²) in [6, 6.07) is 2.30. The van der Waals surface area contributed by atoms with Crippen molar-refractivity contribution >= 4 is 10.0 Å². The summed E-state index contributed by atoms with van der Waals surface area (Å²) in [7, 11) is -3.96. The van der Waals surface area contributed by atoms with E-state index in [0.29, 0.717) is 31.1 Å². The van der Waals surface area contributed by atoms with Crippen molar-refractivity contribution in [3.8, 4) is 0 Å². The van der Waals surface area contributed by atoms with Crippen LogP contribution in [0.1, 0.15) is 11.1 Å². The van der Waals surface area contributed by atoms with E-state index in [2.05, 4.69) is 10.0 Å². The van der Waals surface area contributed by atoms with Crippen LogP contribution >= 0.6 is 0 Å². The fourth-order valence-electron chi connectivity index (χ4n) is 2.21. The Balaban J connectivity index is 2.27. The number of nitrogens with one attached hydrogen (secondary N) is 2. The van der Waals surface area contributed by atoms with Gasteiger partial charge in [0.1, 0.15) is 0 Å². The zero-order valence-electron chi connectivity index (χ0n) is 10.9. The molecule has 0 saturated carbocycles. The summed E-state index contributed by atoms with van der Waals surface area (Å²) < 4.78 is 64.4. The van der Waals surface area contributed by atoms with E-state index in [9.17, 15) is 21.6 Å². The molecular formula is C12H15F3N2O3S. The lowest BCUT2D eigenvalue weighted by Crippen LogP contribution is -2.47. The Morgan fingerprint density at radius 1 is 1.38 bits per heavy atom. The van der Waals surface area contributed by atoms with Crippen LogP contribution in [0.2, 0.25) is 0 Å². The number of sulfonamides is 1. The molecular weight excluding hydrogens is 309 g/mol. The number of hydrogen-bond donors (Lipinski definition) is 3. The highest BCUT2D eigenvalue weighted by Gasteiger charge is 2.35. The number of hydrogen-bond acceptors (Lipinski definition) is 4. The molecule has 118 valence electrons. The van der Waals surface area contributed by atoms with E-state index in [4.69, 9.17) is 5.11 Å². The number of rotatable bonds is 4. The van der Waals surface area contributed by atoms with Crippen LogP contribution in [0.4, 0.5) is 13.2 Å². The van der Waals surface area contributed by atoms with Crippen molar-refractivity contribution in [3.63, 3.8) is 0 Å². The molecule has 0 bridgehead atoms. The van der Waals surface area contributed by atoms with Gasteiger partial charge in [0.05, 0.1) is 17.1 Å². The number of halogens is 3. The normalized spacial score (nSPS) is 21.0. The van der Waals surface area contributed by atoms with Gasteiger partial charge in [-0.3, -0.25) is 0 Å². The Hall–Kier alpha value is -1.16. The van der Waals surface area contributed by atoms with Gasteiger partial charge in [-0.1, -0.05) is 6.07 Å². The van der Waals surface area contributed by atoms with Gasteiger partial charge in [0.2, 0.25) is 10.0 Å². The summed E-state index contributed by atoms with van der Waals surface area (Å²) in [5.41, 5.74) is -0.624. The third-order valence-corrected chi connectivity index (χ3v) is 4.75. The zero-order valence-corrected chi connectivity index (χ0v) is 11.8. The molecule has 1 unspecified atom stereocenters. The fraction of sp³-hybridized carbons (Fsp3) is 0.500. The molecule has 0 spiro atoms. The summed E-state index contributed by atoms with van der Waals surface area (Å²) in [4.78, 5) is -0.323. The van der Waals surface area contributed by atoms with Crippen molar-refractivity contribution < 1.29 is 26.7 Å². The number of aliphatic hydroxyl groups is 1. The molecule has 5 nitrogen and oxygen atoms in total. The van der Waals surface area contributed by atoms with Gasteiger partial charge in [0.15, 0.2) is 0 Å². The first kappa shape index (κ1) is 16.2. The van der Waals surface area contributed by atoms with Crippen LogP contribution in [0.15, 0.2) is 23.1 Å². The molecule has 1 heterocycles. The van der Waals surface area contributed by atoms with Crippen LogP contribution in [0.3, 0.4) is 0 Å². The summed E-state index contributed by atoms with van der Waals surface area (Å²) in [6.45, 7) is 0.531. The Kier molecular flexibility index (Phi) is 4.57. The molecule has 1 atom stereocenters. The minimum absolute atomic E-state index is 0.0784. The van der Waals surface area contributed by atoms with Crippen molar-refractivity contribution in [2.75, 3.05) is 19.7 Å². The number of aliphatic hydroxyl groups excluding tert-OH is 1. The topological polar surface area (TPSA) is 78.4 Å². The van der Waals surface area contributed by atoms with Crippen molar-refractivity contribution in [1.29, 1.82) is 0 Å². The smallest absolute Gasteiger partial charge is 0.395 e. The maximum Gasteiger partial charge on any atom is 0.416 e. The molecule has 0 saturated heterocycles. The molecule has 1 aromatic carbocycles. The molecule has 1 aliphatic heterocycles. The zero-order chi connectivity index (χ0) is 15.7. The van der Waals surface area contributed by atoms with Crippen LogP contribution in [-0.4, -0.2) is 39.3 Å².